The van der Waals surface area contributed by atoms with Gasteiger partial charge in [0.05, 0.1) is 17.8 Å². The summed E-state index contributed by atoms with van der Waals surface area (Å²) in [6.07, 6.45) is 1.43. The number of aryl methyl sites for hydroxylation is 2. The number of ether oxygens (including phenoxy) is 1. The fourth-order valence-corrected chi connectivity index (χ4v) is 2.61. The molecule has 1 amide bonds. The van der Waals surface area contributed by atoms with E-state index in [-0.39, 0.29) is 17.3 Å². The minimum atomic E-state index is -0.256. The highest BCUT2D eigenvalue weighted by molar-refractivity contribution is 6.00. The molecule has 9 nitrogen and oxygen atoms in total. The number of amides is 1. The van der Waals surface area contributed by atoms with E-state index in [1.54, 1.807) is 24.3 Å². The van der Waals surface area contributed by atoms with Gasteiger partial charge in [-0.05, 0) is 54.5 Å². The standard InChI is InChI=1S/C21H21N7O2/c1-14-7-8-17(11-15(14)2)30-10-9-23-21(29)18-5-3-4-6-19(18)24-13-16(12-22)20-25-27-28-26-20/h3-8,11,13,24H,9-10H2,1-2H3,(H,23,29)(H,25,26,27,28). The number of benzene rings is 2. The van der Waals surface area contributed by atoms with Crippen molar-refractivity contribution in [1.82, 2.24) is 25.9 Å². The van der Waals surface area contributed by atoms with E-state index < -0.39 is 0 Å². The van der Waals surface area contributed by atoms with Crippen LogP contribution in [0.25, 0.3) is 5.57 Å². The molecular formula is C21H21N7O2. The molecule has 9 heteroatoms. The molecule has 3 N–H and O–H groups in total. The van der Waals surface area contributed by atoms with Crippen molar-refractivity contribution in [2.45, 2.75) is 13.8 Å². The van der Waals surface area contributed by atoms with E-state index in [1.807, 2.05) is 38.1 Å². The zero-order chi connectivity index (χ0) is 21.3. The van der Waals surface area contributed by atoms with E-state index in [1.165, 1.54) is 11.8 Å². The van der Waals surface area contributed by atoms with Gasteiger partial charge in [0.1, 0.15) is 24.0 Å². The minimum absolute atomic E-state index is 0.162. The monoisotopic (exact) mass is 403 g/mol. The second-order valence-electron chi connectivity index (χ2n) is 6.45. The molecule has 0 atom stereocenters. The number of H-pyrrole nitrogens is 1. The van der Waals surface area contributed by atoms with Crippen LogP contribution in [0.3, 0.4) is 0 Å². The van der Waals surface area contributed by atoms with Gasteiger partial charge in [0, 0.05) is 6.20 Å². The first-order valence-corrected chi connectivity index (χ1v) is 9.26. The maximum atomic E-state index is 12.6. The van der Waals surface area contributed by atoms with Crippen molar-refractivity contribution in [1.29, 1.82) is 5.26 Å². The molecule has 3 rings (SSSR count). The molecule has 0 bridgehead atoms. The van der Waals surface area contributed by atoms with Crippen LogP contribution < -0.4 is 15.4 Å². The number of allylic oxidation sites excluding steroid dienone is 1. The molecule has 0 radical (unpaired) electrons. The van der Waals surface area contributed by atoms with Crippen LogP contribution in [0.5, 0.6) is 5.75 Å². The minimum Gasteiger partial charge on any atom is -0.492 e. The SMILES string of the molecule is Cc1ccc(OCCNC(=O)c2ccccc2NC=C(C#N)c2nn[nH]n2)cc1C. The average molecular weight is 403 g/mol. The fourth-order valence-electron chi connectivity index (χ4n) is 2.61. The van der Waals surface area contributed by atoms with E-state index >= 15 is 0 Å². The summed E-state index contributed by atoms with van der Waals surface area (Å²) in [5, 5.41) is 28.3. The normalized spacial score (nSPS) is 10.9. The number of para-hydroxylation sites is 1. The zero-order valence-corrected chi connectivity index (χ0v) is 16.6. The largest absolute Gasteiger partial charge is 0.492 e. The van der Waals surface area contributed by atoms with Gasteiger partial charge in [-0.3, -0.25) is 4.79 Å². The molecule has 0 saturated carbocycles. The molecule has 2 aromatic carbocycles. The molecule has 0 spiro atoms. The molecular weight excluding hydrogens is 382 g/mol. The summed E-state index contributed by atoms with van der Waals surface area (Å²) in [4.78, 5) is 12.6. The summed E-state index contributed by atoms with van der Waals surface area (Å²) in [6, 6.07) is 14.8. The lowest BCUT2D eigenvalue weighted by atomic mass is 10.1. The Hall–Kier alpha value is -4.19. The third kappa shape index (κ3) is 5.20. The number of hydrogen-bond acceptors (Lipinski definition) is 7. The Labute approximate surface area is 173 Å². The molecule has 152 valence electrons. The summed E-state index contributed by atoms with van der Waals surface area (Å²) in [5.74, 6) is 0.675. The van der Waals surface area contributed by atoms with Gasteiger partial charge < -0.3 is 15.4 Å². The van der Waals surface area contributed by atoms with Crippen molar-refractivity contribution < 1.29 is 9.53 Å². The van der Waals surface area contributed by atoms with Crippen molar-refractivity contribution in [2.24, 2.45) is 0 Å². The Morgan fingerprint density at radius 1 is 1.23 bits per heavy atom. The fraction of sp³-hybridized carbons (Fsp3) is 0.190. The first kappa shape index (κ1) is 20.5. The highest BCUT2D eigenvalue weighted by atomic mass is 16.5. The number of rotatable bonds is 8. The summed E-state index contributed by atoms with van der Waals surface area (Å²) in [7, 11) is 0. The number of hydrogen-bond donors (Lipinski definition) is 3. The molecule has 0 unspecified atom stereocenters. The Balaban J connectivity index is 1.58. The second-order valence-corrected chi connectivity index (χ2v) is 6.45. The maximum absolute atomic E-state index is 12.6. The number of aromatic nitrogens is 4. The van der Waals surface area contributed by atoms with Crippen molar-refractivity contribution in [3.05, 3.63) is 71.2 Å². The number of tetrazole rings is 1. The van der Waals surface area contributed by atoms with Crippen molar-refractivity contribution >= 4 is 17.2 Å². The van der Waals surface area contributed by atoms with Gasteiger partial charge in [0.25, 0.3) is 5.91 Å². The zero-order valence-electron chi connectivity index (χ0n) is 16.6. The predicted molar refractivity (Wildman–Crippen MR) is 112 cm³/mol. The lowest BCUT2D eigenvalue weighted by molar-refractivity contribution is 0.0948. The summed E-state index contributed by atoms with van der Waals surface area (Å²) < 4.78 is 5.69. The van der Waals surface area contributed by atoms with Gasteiger partial charge >= 0.3 is 0 Å². The lowest BCUT2D eigenvalue weighted by Crippen LogP contribution is -2.28. The third-order valence-corrected chi connectivity index (χ3v) is 4.39. The molecule has 0 fully saturated rings. The number of carbonyl (C=O) groups excluding carboxylic acids is 1. The molecule has 1 aromatic heterocycles. The van der Waals surface area contributed by atoms with Crippen LogP contribution in [0, 0.1) is 25.2 Å². The smallest absolute Gasteiger partial charge is 0.253 e. The van der Waals surface area contributed by atoms with E-state index in [0.29, 0.717) is 24.4 Å². The molecule has 0 aliphatic rings. The summed E-state index contributed by atoms with van der Waals surface area (Å²) >= 11 is 0. The molecule has 0 aliphatic heterocycles. The van der Waals surface area contributed by atoms with Crippen molar-refractivity contribution in [3.63, 3.8) is 0 Å². The van der Waals surface area contributed by atoms with Crippen LogP contribution in [0.1, 0.15) is 27.3 Å². The summed E-state index contributed by atoms with van der Waals surface area (Å²) in [5.41, 5.74) is 3.52. The number of nitrogens with one attached hydrogen (secondary N) is 3. The number of carbonyl (C=O) groups is 1. The van der Waals surface area contributed by atoms with E-state index in [4.69, 9.17) is 4.74 Å². The van der Waals surface area contributed by atoms with Crippen LogP contribution in [0.15, 0.2) is 48.7 Å². The van der Waals surface area contributed by atoms with Gasteiger partial charge in [0.2, 0.25) is 5.82 Å². The topological polar surface area (TPSA) is 129 Å². The van der Waals surface area contributed by atoms with Crippen LogP contribution >= 0.6 is 0 Å². The predicted octanol–water partition coefficient (Wildman–Crippen LogP) is 2.60. The Bertz CT molecular complexity index is 1080. The molecule has 30 heavy (non-hydrogen) atoms. The van der Waals surface area contributed by atoms with Gasteiger partial charge in [-0.25, -0.2) is 0 Å². The van der Waals surface area contributed by atoms with Gasteiger partial charge in [0.15, 0.2) is 0 Å². The molecule has 1 heterocycles. The maximum Gasteiger partial charge on any atom is 0.253 e. The van der Waals surface area contributed by atoms with Gasteiger partial charge in [-0.1, -0.05) is 18.2 Å². The van der Waals surface area contributed by atoms with E-state index in [2.05, 4.69) is 31.3 Å². The molecule has 0 saturated heterocycles. The van der Waals surface area contributed by atoms with Crippen molar-refractivity contribution in [3.8, 4) is 11.8 Å². The van der Waals surface area contributed by atoms with Crippen LogP contribution in [0.2, 0.25) is 0 Å². The van der Waals surface area contributed by atoms with Gasteiger partial charge in [-0.2, -0.15) is 10.5 Å². The second kappa shape index (κ2) is 9.84. The third-order valence-electron chi connectivity index (χ3n) is 4.39. The quantitative estimate of drug-likeness (QED) is 0.389. The molecule has 0 aliphatic carbocycles. The highest BCUT2D eigenvalue weighted by Crippen LogP contribution is 2.17. The first-order valence-electron chi connectivity index (χ1n) is 9.26. The van der Waals surface area contributed by atoms with Crippen LogP contribution in [0.4, 0.5) is 5.69 Å². The Morgan fingerprint density at radius 2 is 2.07 bits per heavy atom. The molecule has 3 aromatic rings. The Morgan fingerprint density at radius 3 is 2.80 bits per heavy atom. The van der Waals surface area contributed by atoms with Crippen molar-refractivity contribution in [2.75, 3.05) is 18.5 Å². The van der Waals surface area contributed by atoms with E-state index in [9.17, 15) is 10.1 Å². The van der Waals surface area contributed by atoms with Crippen LogP contribution in [-0.2, 0) is 0 Å². The van der Waals surface area contributed by atoms with Gasteiger partial charge in [-0.15, -0.1) is 10.2 Å². The Kier molecular flexibility index (Phi) is 6.74. The highest BCUT2D eigenvalue weighted by Gasteiger charge is 2.11. The number of nitrogens with zero attached hydrogens (tertiary/aromatic N) is 4. The lowest BCUT2D eigenvalue weighted by Gasteiger charge is -2.11. The van der Waals surface area contributed by atoms with Crippen LogP contribution in [-0.4, -0.2) is 39.7 Å². The summed E-state index contributed by atoms with van der Waals surface area (Å²) in [6.45, 7) is 4.77. The first-order chi connectivity index (χ1) is 14.6. The van der Waals surface area contributed by atoms with E-state index in [0.717, 1.165) is 11.3 Å². The number of aromatic amines is 1. The number of anilines is 1. The number of nitriles is 1. The average Bonchev–Trinajstić information content (AvgIpc) is 3.29.